The lowest BCUT2D eigenvalue weighted by Gasteiger charge is -2.34. The lowest BCUT2D eigenvalue weighted by atomic mass is 9.89. The van der Waals surface area contributed by atoms with Crippen LogP contribution in [-0.4, -0.2) is 40.7 Å². The maximum Gasteiger partial charge on any atom is 0.329 e. The summed E-state index contributed by atoms with van der Waals surface area (Å²) in [5.41, 5.74) is 0.604. The molecule has 0 bridgehead atoms. The largest absolute Gasteiger partial charge is 0.480 e. The number of hydrogen-bond donors (Lipinski definition) is 2. The molecule has 1 aliphatic heterocycles. The zero-order valence-electron chi connectivity index (χ0n) is 12.8. The van der Waals surface area contributed by atoms with Crippen molar-refractivity contribution in [3.05, 3.63) is 41.6 Å². The summed E-state index contributed by atoms with van der Waals surface area (Å²) < 4.78 is 5.23. The number of ether oxygens (including phenoxy) is 1. The minimum absolute atomic E-state index is 0.260. The summed E-state index contributed by atoms with van der Waals surface area (Å²) in [7, 11) is 0. The van der Waals surface area contributed by atoms with E-state index in [9.17, 15) is 14.7 Å². The van der Waals surface area contributed by atoms with E-state index in [-0.39, 0.29) is 12.8 Å². The molecule has 0 atom stereocenters. The first-order valence-electron chi connectivity index (χ1n) is 7.52. The lowest BCUT2D eigenvalue weighted by Crippen LogP contribution is -2.57. The molecule has 3 rings (SSSR count). The molecule has 1 saturated heterocycles. The number of hydrogen-bond acceptors (Lipinski definition) is 4. The summed E-state index contributed by atoms with van der Waals surface area (Å²) in [5, 5.41) is 13.0. The number of pyridine rings is 1. The van der Waals surface area contributed by atoms with Crippen LogP contribution in [0.3, 0.4) is 0 Å². The van der Waals surface area contributed by atoms with Gasteiger partial charge in [0, 0.05) is 37.1 Å². The topological polar surface area (TPSA) is 88.5 Å². The van der Waals surface area contributed by atoms with Crippen LogP contribution in [0.4, 0.5) is 0 Å². The maximum atomic E-state index is 12.7. The number of carboxylic acid groups (broad SMARTS) is 1. The Balaban J connectivity index is 1.98. The zero-order chi connectivity index (χ0) is 16.4. The fourth-order valence-corrected chi connectivity index (χ4v) is 2.89. The number of amides is 1. The van der Waals surface area contributed by atoms with E-state index in [4.69, 9.17) is 4.74 Å². The second-order valence-electron chi connectivity index (χ2n) is 5.78. The minimum atomic E-state index is -1.27. The van der Waals surface area contributed by atoms with Gasteiger partial charge < -0.3 is 15.2 Å². The van der Waals surface area contributed by atoms with E-state index in [1.54, 1.807) is 6.07 Å². The molecule has 23 heavy (non-hydrogen) atoms. The third-order valence-corrected chi connectivity index (χ3v) is 4.20. The molecule has 0 saturated carbocycles. The zero-order valence-corrected chi connectivity index (χ0v) is 12.8. The molecule has 0 spiro atoms. The molecule has 2 heterocycles. The number of aromatic nitrogens is 1. The van der Waals surface area contributed by atoms with E-state index < -0.39 is 17.4 Å². The number of nitrogens with one attached hydrogen (secondary N) is 1. The van der Waals surface area contributed by atoms with Crippen molar-refractivity contribution in [2.24, 2.45) is 0 Å². The van der Waals surface area contributed by atoms with Gasteiger partial charge in [0.1, 0.15) is 5.54 Å². The number of carbonyl (C=O) groups excluding carboxylic acids is 1. The first-order valence-corrected chi connectivity index (χ1v) is 7.52. The Kier molecular flexibility index (Phi) is 4.00. The summed E-state index contributed by atoms with van der Waals surface area (Å²) in [5.74, 6) is -1.42. The van der Waals surface area contributed by atoms with Crippen LogP contribution in [0.15, 0.2) is 30.3 Å². The smallest absolute Gasteiger partial charge is 0.329 e. The standard InChI is InChI=1S/C17H18N2O4/c1-11-10-13(12-4-2-3-5-14(12)18-11)15(20)19-17(16(21)22)6-8-23-9-7-17/h2-5,10H,6-9H2,1H3,(H,19,20)(H,21,22). The maximum absolute atomic E-state index is 12.7. The number of carboxylic acids is 1. The summed E-state index contributed by atoms with van der Waals surface area (Å²) in [4.78, 5) is 28.8. The first kappa shape index (κ1) is 15.4. The average Bonchev–Trinajstić information content (AvgIpc) is 2.54. The molecule has 6 heteroatoms. The molecule has 1 aliphatic rings. The Morgan fingerprint density at radius 2 is 1.96 bits per heavy atom. The van der Waals surface area contributed by atoms with Gasteiger partial charge in [-0.1, -0.05) is 18.2 Å². The van der Waals surface area contributed by atoms with E-state index in [1.165, 1.54) is 0 Å². The van der Waals surface area contributed by atoms with Gasteiger partial charge in [-0.05, 0) is 19.1 Å². The number of nitrogens with zero attached hydrogens (tertiary/aromatic N) is 1. The van der Waals surface area contributed by atoms with E-state index in [2.05, 4.69) is 10.3 Å². The van der Waals surface area contributed by atoms with E-state index in [0.29, 0.717) is 35.4 Å². The molecule has 1 amide bonds. The molecular formula is C17H18N2O4. The lowest BCUT2D eigenvalue weighted by molar-refractivity contribution is -0.148. The van der Waals surface area contributed by atoms with Crippen molar-refractivity contribution in [2.75, 3.05) is 13.2 Å². The second kappa shape index (κ2) is 5.96. The highest BCUT2D eigenvalue weighted by atomic mass is 16.5. The van der Waals surface area contributed by atoms with Crippen molar-refractivity contribution in [1.29, 1.82) is 0 Å². The van der Waals surface area contributed by atoms with Gasteiger partial charge in [-0.2, -0.15) is 0 Å². The van der Waals surface area contributed by atoms with Gasteiger partial charge in [-0.25, -0.2) is 4.79 Å². The predicted octanol–water partition coefficient (Wildman–Crippen LogP) is 1.91. The fourth-order valence-electron chi connectivity index (χ4n) is 2.89. The van der Waals surface area contributed by atoms with Gasteiger partial charge in [0.25, 0.3) is 5.91 Å². The number of fused-ring (bicyclic) bond motifs is 1. The van der Waals surface area contributed by atoms with Gasteiger partial charge in [0.05, 0.1) is 11.1 Å². The quantitative estimate of drug-likeness (QED) is 0.903. The number of aliphatic carboxylic acids is 1. The van der Waals surface area contributed by atoms with Crippen LogP contribution in [0, 0.1) is 6.92 Å². The van der Waals surface area contributed by atoms with Crippen LogP contribution in [0.2, 0.25) is 0 Å². The summed E-state index contributed by atoms with van der Waals surface area (Å²) in [6, 6.07) is 9.02. The molecule has 6 nitrogen and oxygen atoms in total. The van der Waals surface area contributed by atoms with Crippen LogP contribution < -0.4 is 5.32 Å². The van der Waals surface area contributed by atoms with Crippen molar-refractivity contribution in [3.8, 4) is 0 Å². The molecule has 1 fully saturated rings. The van der Waals surface area contributed by atoms with Crippen molar-refractivity contribution in [1.82, 2.24) is 10.3 Å². The summed E-state index contributed by atoms with van der Waals surface area (Å²) in [6.07, 6.45) is 0.520. The predicted molar refractivity (Wildman–Crippen MR) is 84.4 cm³/mol. The van der Waals surface area contributed by atoms with Crippen LogP contribution >= 0.6 is 0 Å². The minimum Gasteiger partial charge on any atom is -0.480 e. The molecule has 0 unspecified atom stereocenters. The fraction of sp³-hybridized carbons (Fsp3) is 0.353. The Labute approximate surface area is 133 Å². The summed E-state index contributed by atoms with van der Waals surface area (Å²) >= 11 is 0. The normalized spacial score (nSPS) is 16.9. The van der Waals surface area contributed by atoms with Gasteiger partial charge >= 0.3 is 5.97 Å². The molecule has 1 aromatic heterocycles. The van der Waals surface area contributed by atoms with E-state index in [1.807, 2.05) is 31.2 Å². The number of aryl methyl sites for hydroxylation is 1. The van der Waals surface area contributed by atoms with Crippen LogP contribution in [0.5, 0.6) is 0 Å². The Bertz CT molecular complexity index is 766. The summed E-state index contributed by atoms with van der Waals surface area (Å²) in [6.45, 7) is 2.45. The van der Waals surface area contributed by atoms with Crippen molar-refractivity contribution >= 4 is 22.8 Å². The highest BCUT2D eigenvalue weighted by molar-refractivity contribution is 6.07. The van der Waals surface area contributed by atoms with E-state index in [0.717, 1.165) is 0 Å². The van der Waals surface area contributed by atoms with Crippen LogP contribution in [0.25, 0.3) is 10.9 Å². The van der Waals surface area contributed by atoms with Gasteiger partial charge in [-0.3, -0.25) is 9.78 Å². The van der Waals surface area contributed by atoms with E-state index >= 15 is 0 Å². The van der Waals surface area contributed by atoms with Crippen molar-refractivity contribution < 1.29 is 19.4 Å². The van der Waals surface area contributed by atoms with Gasteiger partial charge in [0.15, 0.2) is 0 Å². The Morgan fingerprint density at radius 1 is 1.26 bits per heavy atom. The monoisotopic (exact) mass is 314 g/mol. The molecule has 1 aromatic carbocycles. The van der Waals surface area contributed by atoms with Crippen LogP contribution in [0.1, 0.15) is 28.9 Å². The molecule has 0 aliphatic carbocycles. The number of rotatable bonds is 3. The Hall–Kier alpha value is -2.47. The molecule has 120 valence electrons. The first-order chi connectivity index (χ1) is 11.0. The van der Waals surface area contributed by atoms with Crippen LogP contribution in [-0.2, 0) is 9.53 Å². The Morgan fingerprint density at radius 3 is 2.65 bits per heavy atom. The third-order valence-electron chi connectivity index (χ3n) is 4.20. The highest BCUT2D eigenvalue weighted by Crippen LogP contribution is 2.24. The number of benzene rings is 1. The third kappa shape index (κ3) is 2.90. The average molecular weight is 314 g/mol. The van der Waals surface area contributed by atoms with Gasteiger partial charge in [-0.15, -0.1) is 0 Å². The number of carbonyl (C=O) groups is 2. The van der Waals surface area contributed by atoms with Crippen molar-refractivity contribution in [3.63, 3.8) is 0 Å². The molecule has 0 radical (unpaired) electrons. The molecule has 2 aromatic rings. The molecule has 2 N–H and O–H groups in total. The van der Waals surface area contributed by atoms with Crippen molar-refractivity contribution in [2.45, 2.75) is 25.3 Å². The number of para-hydroxylation sites is 1. The molecular weight excluding hydrogens is 296 g/mol. The van der Waals surface area contributed by atoms with Gasteiger partial charge in [0.2, 0.25) is 0 Å². The SMILES string of the molecule is Cc1cc(C(=O)NC2(C(=O)O)CCOCC2)c2ccccc2n1. The second-order valence-corrected chi connectivity index (χ2v) is 5.78. The highest BCUT2D eigenvalue weighted by Gasteiger charge is 2.41.